The van der Waals surface area contributed by atoms with Gasteiger partial charge in [0.25, 0.3) is 0 Å². The lowest BCUT2D eigenvalue weighted by atomic mass is 9.70. The highest BCUT2D eigenvalue weighted by Crippen LogP contribution is 2.38. The summed E-state index contributed by atoms with van der Waals surface area (Å²) in [5.74, 6) is 3.20. The van der Waals surface area contributed by atoms with Crippen LogP contribution in [0.25, 0.3) is 0 Å². The van der Waals surface area contributed by atoms with Crippen molar-refractivity contribution in [3.63, 3.8) is 0 Å². The second kappa shape index (κ2) is 9.42. The largest absolute Gasteiger partial charge is 0.0842 e. The molecule has 2 atom stereocenters. The van der Waals surface area contributed by atoms with E-state index in [4.69, 9.17) is 0 Å². The maximum atomic E-state index is 2.38. The molecule has 0 heteroatoms. The van der Waals surface area contributed by atoms with E-state index in [2.05, 4.69) is 52.8 Å². The molecule has 0 aromatic carbocycles. The van der Waals surface area contributed by atoms with Gasteiger partial charge in [0.1, 0.15) is 0 Å². The van der Waals surface area contributed by atoms with Gasteiger partial charge >= 0.3 is 0 Å². The average Bonchev–Trinajstić information content (AvgIpc) is 2.38. The molecule has 106 valence electrons. The Morgan fingerprint density at radius 1 is 1.06 bits per heavy atom. The van der Waals surface area contributed by atoms with E-state index in [-0.39, 0.29) is 0 Å². The van der Waals surface area contributed by atoms with Crippen molar-refractivity contribution in [3.8, 4) is 0 Å². The van der Waals surface area contributed by atoms with E-state index in [9.17, 15) is 0 Å². The molecule has 0 amide bonds. The topological polar surface area (TPSA) is 0 Å². The molecule has 0 saturated heterocycles. The van der Waals surface area contributed by atoms with Crippen LogP contribution in [0.15, 0.2) is 23.8 Å². The highest BCUT2D eigenvalue weighted by molar-refractivity contribution is 5.21. The van der Waals surface area contributed by atoms with Gasteiger partial charge in [0, 0.05) is 0 Å². The summed E-state index contributed by atoms with van der Waals surface area (Å²) in [6, 6.07) is 0. The predicted molar refractivity (Wildman–Crippen MR) is 84.8 cm³/mol. The van der Waals surface area contributed by atoms with Gasteiger partial charge in [-0.25, -0.2) is 0 Å². The standard InChI is InChI=1S/C16H28.C2H6/c1-6-15(12(2)3)16(13(4)5)14-10-8-7-9-11-14;1-2/h7-8,10,12-13,15-16H,6,9,11H2,1-5H3;1-2H3. The van der Waals surface area contributed by atoms with E-state index in [0.29, 0.717) is 0 Å². The van der Waals surface area contributed by atoms with Crippen molar-refractivity contribution in [2.45, 2.75) is 67.7 Å². The number of rotatable bonds is 5. The van der Waals surface area contributed by atoms with Crippen molar-refractivity contribution in [2.24, 2.45) is 23.7 Å². The summed E-state index contributed by atoms with van der Waals surface area (Å²) in [5.41, 5.74) is 1.69. The fourth-order valence-corrected chi connectivity index (χ4v) is 3.24. The van der Waals surface area contributed by atoms with Crippen LogP contribution in [0.3, 0.4) is 0 Å². The summed E-state index contributed by atoms with van der Waals surface area (Å²) < 4.78 is 0. The van der Waals surface area contributed by atoms with Gasteiger partial charge < -0.3 is 0 Å². The van der Waals surface area contributed by atoms with Gasteiger partial charge in [-0.05, 0) is 36.5 Å². The lowest BCUT2D eigenvalue weighted by Gasteiger charge is -2.35. The third-order valence-electron chi connectivity index (χ3n) is 3.98. The normalized spacial score (nSPS) is 18.2. The molecule has 1 aliphatic rings. The zero-order valence-corrected chi connectivity index (χ0v) is 13.7. The Balaban J connectivity index is 0.00000137. The molecule has 0 aromatic rings. The van der Waals surface area contributed by atoms with Crippen molar-refractivity contribution in [1.82, 2.24) is 0 Å². The number of hydrogen-bond acceptors (Lipinski definition) is 0. The Labute approximate surface area is 116 Å². The summed E-state index contributed by atoms with van der Waals surface area (Å²) in [5, 5.41) is 0. The zero-order chi connectivity index (χ0) is 14.1. The molecule has 18 heavy (non-hydrogen) atoms. The molecule has 0 fully saturated rings. The maximum Gasteiger partial charge on any atom is -0.0146 e. The van der Waals surface area contributed by atoms with Crippen LogP contribution in [0.4, 0.5) is 0 Å². The summed E-state index contributed by atoms with van der Waals surface area (Å²) in [7, 11) is 0. The number of allylic oxidation sites excluding steroid dienone is 4. The van der Waals surface area contributed by atoms with Gasteiger partial charge in [-0.1, -0.05) is 78.7 Å². The molecule has 0 radical (unpaired) electrons. The van der Waals surface area contributed by atoms with E-state index in [0.717, 1.165) is 23.7 Å². The minimum absolute atomic E-state index is 0.769. The monoisotopic (exact) mass is 250 g/mol. The van der Waals surface area contributed by atoms with Crippen molar-refractivity contribution < 1.29 is 0 Å². The fraction of sp³-hybridized carbons (Fsp3) is 0.778. The van der Waals surface area contributed by atoms with Crippen LogP contribution in [0.1, 0.15) is 67.7 Å². The summed E-state index contributed by atoms with van der Waals surface area (Å²) in [6.45, 7) is 15.9. The molecule has 0 nitrogen and oxygen atoms in total. The van der Waals surface area contributed by atoms with E-state index >= 15 is 0 Å². The van der Waals surface area contributed by atoms with Crippen LogP contribution in [-0.4, -0.2) is 0 Å². The van der Waals surface area contributed by atoms with Crippen LogP contribution in [-0.2, 0) is 0 Å². The van der Waals surface area contributed by atoms with Crippen molar-refractivity contribution in [3.05, 3.63) is 23.8 Å². The minimum Gasteiger partial charge on any atom is -0.0842 e. The first-order valence-corrected chi connectivity index (χ1v) is 7.93. The Bertz CT molecular complexity index is 255. The second-order valence-corrected chi connectivity index (χ2v) is 5.79. The summed E-state index contributed by atoms with van der Waals surface area (Å²) in [4.78, 5) is 0. The summed E-state index contributed by atoms with van der Waals surface area (Å²) >= 11 is 0. The van der Waals surface area contributed by atoms with Crippen molar-refractivity contribution >= 4 is 0 Å². The van der Waals surface area contributed by atoms with Crippen molar-refractivity contribution in [2.75, 3.05) is 0 Å². The molecule has 2 unspecified atom stereocenters. The maximum absolute atomic E-state index is 2.38. The molecule has 0 aromatic heterocycles. The Kier molecular flexibility index (Phi) is 9.14. The van der Waals surface area contributed by atoms with E-state index in [1.807, 2.05) is 13.8 Å². The molecule has 0 spiro atoms. The lowest BCUT2D eigenvalue weighted by Crippen LogP contribution is -2.26. The molecule has 1 aliphatic carbocycles. The lowest BCUT2D eigenvalue weighted by molar-refractivity contribution is 0.219. The first-order chi connectivity index (χ1) is 8.57. The van der Waals surface area contributed by atoms with Gasteiger partial charge in [-0.2, -0.15) is 0 Å². The Morgan fingerprint density at radius 2 is 1.67 bits per heavy atom. The highest BCUT2D eigenvalue weighted by Gasteiger charge is 2.28. The van der Waals surface area contributed by atoms with Gasteiger partial charge in [0.15, 0.2) is 0 Å². The van der Waals surface area contributed by atoms with Crippen LogP contribution in [0.5, 0.6) is 0 Å². The molecular formula is C18H34. The molecule has 0 aliphatic heterocycles. The average molecular weight is 250 g/mol. The van der Waals surface area contributed by atoms with Gasteiger partial charge in [0.05, 0.1) is 0 Å². The molecule has 0 bridgehead atoms. The Hall–Kier alpha value is -0.520. The highest BCUT2D eigenvalue weighted by atomic mass is 14.3. The molecular weight excluding hydrogens is 216 g/mol. The quantitative estimate of drug-likeness (QED) is 0.541. The second-order valence-electron chi connectivity index (χ2n) is 5.79. The van der Waals surface area contributed by atoms with E-state index < -0.39 is 0 Å². The third kappa shape index (κ3) is 5.00. The smallest absolute Gasteiger partial charge is 0.0146 e. The van der Waals surface area contributed by atoms with E-state index in [1.54, 1.807) is 5.57 Å². The minimum atomic E-state index is 0.769. The SMILES string of the molecule is CC.CCC(C(C)C)C(C1=CC=CCC1)C(C)C. The van der Waals surface area contributed by atoms with Crippen LogP contribution in [0.2, 0.25) is 0 Å². The van der Waals surface area contributed by atoms with Crippen LogP contribution >= 0.6 is 0 Å². The van der Waals surface area contributed by atoms with Gasteiger partial charge in [-0.3, -0.25) is 0 Å². The fourth-order valence-electron chi connectivity index (χ4n) is 3.24. The van der Waals surface area contributed by atoms with Crippen LogP contribution < -0.4 is 0 Å². The number of hydrogen-bond donors (Lipinski definition) is 0. The predicted octanol–water partition coefficient (Wildman–Crippen LogP) is 6.24. The Morgan fingerprint density at radius 3 is 2.00 bits per heavy atom. The zero-order valence-electron chi connectivity index (χ0n) is 13.7. The molecule has 0 N–H and O–H groups in total. The van der Waals surface area contributed by atoms with Gasteiger partial charge in [-0.15, -0.1) is 0 Å². The van der Waals surface area contributed by atoms with Gasteiger partial charge in [0.2, 0.25) is 0 Å². The van der Waals surface area contributed by atoms with E-state index in [1.165, 1.54) is 19.3 Å². The molecule has 0 saturated carbocycles. The molecule has 1 rings (SSSR count). The van der Waals surface area contributed by atoms with Crippen molar-refractivity contribution in [1.29, 1.82) is 0 Å². The third-order valence-corrected chi connectivity index (χ3v) is 3.98. The first kappa shape index (κ1) is 17.5. The van der Waals surface area contributed by atoms with Crippen LogP contribution in [0, 0.1) is 23.7 Å². The first-order valence-electron chi connectivity index (χ1n) is 7.93. The summed E-state index contributed by atoms with van der Waals surface area (Å²) in [6.07, 6.45) is 10.7. The molecule has 0 heterocycles.